The zero-order valence-electron chi connectivity index (χ0n) is 10.5. The van der Waals surface area contributed by atoms with E-state index < -0.39 is 0 Å². The van der Waals surface area contributed by atoms with Gasteiger partial charge in [0.25, 0.3) is 0 Å². The van der Waals surface area contributed by atoms with Crippen molar-refractivity contribution in [2.45, 2.75) is 44.6 Å². The zero-order chi connectivity index (χ0) is 11.3. The third kappa shape index (κ3) is 3.19. The van der Waals surface area contributed by atoms with Crippen LogP contribution in [-0.4, -0.2) is 38.5 Å². The van der Waals surface area contributed by atoms with Gasteiger partial charge in [0.1, 0.15) is 0 Å². The maximum atomic E-state index is 5.94. The van der Waals surface area contributed by atoms with Crippen LogP contribution in [0.1, 0.15) is 39.0 Å². The van der Waals surface area contributed by atoms with E-state index in [4.69, 9.17) is 9.47 Å². The molecule has 3 nitrogen and oxygen atoms in total. The van der Waals surface area contributed by atoms with E-state index >= 15 is 0 Å². The summed E-state index contributed by atoms with van der Waals surface area (Å²) in [5, 5.41) is 3.39. The van der Waals surface area contributed by atoms with Crippen molar-refractivity contribution in [2.75, 3.05) is 32.9 Å². The molecule has 1 spiro atoms. The summed E-state index contributed by atoms with van der Waals surface area (Å²) in [5.41, 5.74) is 0.0983. The van der Waals surface area contributed by atoms with E-state index in [1.54, 1.807) is 0 Å². The first kappa shape index (κ1) is 12.3. The average Bonchev–Trinajstić information content (AvgIpc) is 2.73. The molecule has 0 aliphatic carbocycles. The van der Waals surface area contributed by atoms with Gasteiger partial charge >= 0.3 is 0 Å². The molecule has 0 radical (unpaired) electrons. The minimum absolute atomic E-state index is 0.0983. The van der Waals surface area contributed by atoms with Crippen LogP contribution in [0.25, 0.3) is 0 Å². The fourth-order valence-electron chi connectivity index (χ4n) is 2.93. The van der Waals surface area contributed by atoms with Gasteiger partial charge in [0.15, 0.2) is 0 Å². The van der Waals surface area contributed by atoms with Gasteiger partial charge in [-0.25, -0.2) is 0 Å². The molecule has 2 saturated heterocycles. The Bertz CT molecular complexity index is 202. The van der Waals surface area contributed by atoms with E-state index in [1.807, 2.05) is 0 Å². The summed E-state index contributed by atoms with van der Waals surface area (Å²) >= 11 is 0. The fourth-order valence-corrected chi connectivity index (χ4v) is 2.93. The maximum Gasteiger partial charge on any atom is 0.0939 e. The lowest BCUT2D eigenvalue weighted by Gasteiger charge is -2.37. The molecule has 2 heterocycles. The van der Waals surface area contributed by atoms with E-state index in [0.29, 0.717) is 0 Å². The maximum absolute atomic E-state index is 5.94. The van der Waals surface area contributed by atoms with Crippen molar-refractivity contribution in [3.63, 3.8) is 0 Å². The third-order valence-corrected chi connectivity index (χ3v) is 3.88. The lowest BCUT2D eigenvalue weighted by Crippen LogP contribution is -2.40. The topological polar surface area (TPSA) is 30.5 Å². The lowest BCUT2D eigenvalue weighted by molar-refractivity contribution is -0.0989. The van der Waals surface area contributed by atoms with Crippen molar-refractivity contribution in [2.24, 2.45) is 5.92 Å². The van der Waals surface area contributed by atoms with Gasteiger partial charge < -0.3 is 14.8 Å². The van der Waals surface area contributed by atoms with Gasteiger partial charge in [-0.05, 0) is 44.7 Å². The van der Waals surface area contributed by atoms with Gasteiger partial charge in [-0.15, -0.1) is 0 Å². The molecule has 0 aromatic rings. The van der Waals surface area contributed by atoms with Crippen LogP contribution in [0.4, 0.5) is 0 Å². The summed E-state index contributed by atoms with van der Waals surface area (Å²) in [6.07, 6.45) is 6.22. The monoisotopic (exact) mass is 227 g/mol. The molecule has 2 aliphatic rings. The van der Waals surface area contributed by atoms with E-state index in [9.17, 15) is 0 Å². The normalized spacial score (nSPS) is 34.7. The number of ether oxygens (including phenoxy) is 2. The molecule has 3 heteroatoms. The predicted octanol–water partition coefficient (Wildman–Crippen LogP) is 1.96. The summed E-state index contributed by atoms with van der Waals surface area (Å²) in [6, 6.07) is 0. The summed E-state index contributed by atoms with van der Waals surface area (Å²) in [5.74, 6) is 0.856. The van der Waals surface area contributed by atoms with Crippen LogP contribution in [0.2, 0.25) is 0 Å². The Kier molecular flexibility index (Phi) is 4.62. The molecule has 0 aromatic carbocycles. The minimum atomic E-state index is 0.0983. The molecular weight excluding hydrogens is 202 g/mol. The van der Waals surface area contributed by atoms with Gasteiger partial charge in [0, 0.05) is 19.6 Å². The molecule has 94 valence electrons. The molecule has 2 fully saturated rings. The highest BCUT2D eigenvalue weighted by molar-refractivity contribution is 4.90. The largest absolute Gasteiger partial charge is 0.378 e. The summed E-state index contributed by atoms with van der Waals surface area (Å²) < 4.78 is 11.4. The van der Waals surface area contributed by atoms with Gasteiger partial charge in [0.2, 0.25) is 0 Å². The zero-order valence-corrected chi connectivity index (χ0v) is 10.5. The van der Waals surface area contributed by atoms with Crippen molar-refractivity contribution in [3.05, 3.63) is 0 Å². The fraction of sp³-hybridized carbons (Fsp3) is 1.00. The second kappa shape index (κ2) is 5.99. The number of hydrogen-bond donors (Lipinski definition) is 1. The predicted molar refractivity (Wildman–Crippen MR) is 64.6 cm³/mol. The molecule has 0 bridgehead atoms. The van der Waals surface area contributed by atoms with Crippen LogP contribution in [0.5, 0.6) is 0 Å². The van der Waals surface area contributed by atoms with Crippen molar-refractivity contribution >= 4 is 0 Å². The Labute approximate surface area is 98.9 Å². The first-order chi connectivity index (χ1) is 7.85. The Morgan fingerprint density at radius 2 is 2.31 bits per heavy atom. The Morgan fingerprint density at radius 1 is 1.38 bits per heavy atom. The van der Waals surface area contributed by atoms with Crippen LogP contribution in [0.15, 0.2) is 0 Å². The van der Waals surface area contributed by atoms with Crippen LogP contribution >= 0.6 is 0 Å². The second-order valence-corrected chi connectivity index (χ2v) is 5.19. The molecule has 2 atom stereocenters. The smallest absolute Gasteiger partial charge is 0.0939 e. The molecule has 0 saturated carbocycles. The molecule has 2 unspecified atom stereocenters. The van der Waals surface area contributed by atoms with Crippen molar-refractivity contribution in [3.8, 4) is 0 Å². The molecule has 0 amide bonds. The van der Waals surface area contributed by atoms with Crippen LogP contribution in [0, 0.1) is 5.92 Å². The first-order valence-corrected chi connectivity index (χ1v) is 6.77. The molecular formula is C13H25NO2. The molecule has 2 rings (SSSR count). The van der Waals surface area contributed by atoms with Crippen molar-refractivity contribution in [1.82, 2.24) is 5.32 Å². The molecule has 16 heavy (non-hydrogen) atoms. The van der Waals surface area contributed by atoms with Gasteiger partial charge in [-0.2, -0.15) is 0 Å². The highest BCUT2D eigenvalue weighted by Crippen LogP contribution is 2.37. The van der Waals surface area contributed by atoms with E-state index in [0.717, 1.165) is 45.2 Å². The summed E-state index contributed by atoms with van der Waals surface area (Å²) in [6.45, 7) is 7.08. The van der Waals surface area contributed by atoms with Crippen molar-refractivity contribution in [1.29, 1.82) is 0 Å². The average molecular weight is 227 g/mol. The SMILES string of the molecule is CCNCCCC1CCOC2(CCOC2)C1. The standard InChI is InChI=1S/C13H25NO2/c1-2-14-7-3-4-12-5-8-16-13(10-12)6-9-15-11-13/h12,14H,2-11H2,1H3. The van der Waals surface area contributed by atoms with Gasteiger partial charge in [-0.1, -0.05) is 6.92 Å². The highest BCUT2D eigenvalue weighted by atomic mass is 16.6. The second-order valence-electron chi connectivity index (χ2n) is 5.19. The van der Waals surface area contributed by atoms with E-state index in [2.05, 4.69) is 12.2 Å². The minimum Gasteiger partial charge on any atom is -0.378 e. The third-order valence-electron chi connectivity index (χ3n) is 3.88. The van der Waals surface area contributed by atoms with Crippen LogP contribution in [-0.2, 0) is 9.47 Å². The number of nitrogens with one attached hydrogen (secondary N) is 1. The quantitative estimate of drug-likeness (QED) is 0.728. The number of hydrogen-bond acceptors (Lipinski definition) is 3. The molecule has 0 aromatic heterocycles. The van der Waals surface area contributed by atoms with Crippen LogP contribution in [0.3, 0.4) is 0 Å². The number of rotatable bonds is 5. The lowest BCUT2D eigenvalue weighted by atomic mass is 9.83. The van der Waals surface area contributed by atoms with Gasteiger partial charge in [-0.3, -0.25) is 0 Å². The Morgan fingerprint density at radius 3 is 3.06 bits per heavy atom. The van der Waals surface area contributed by atoms with Gasteiger partial charge in [0.05, 0.1) is 12.2 Å². The first-order valence-electron chi connectivity index (χ1n) is 6.77. The van der Waals surface area contributed by atoms with Crippen molar-refractivity contribution < 1.29 is 9.47 Å². The van der Waals surface area contributed by atoms with E-state index in [1.165, 1.54) is 25.7 Å². The Balaban J connectivity index is 1.70. The van der Waals surface area contributed by atoms with E-state index in [-0.39, 0.29) is 5.60 Å². The summed E-state index contributed by atoms with van der Waals surface area (Å²) in [4.78, 5) is 0. The Hall–Kier alpha value is -0.120. The molecule has 2 aliphatic heterocycles. The van der Waals surface area contributed by atoms with Crippen LogP contribution < -0.4 is 5.32 Å². The highest BCUT2D eigenvalue weighted by Gasteiger charge is 2.40. The summed E-state index contributed by atoms with van der Waals surface area (Å²) in [7, 11) is 0. The molecule has 1 N–H and O–H groups in total.